The summed E-state index contributed by atoms with van der Waals surface area (Å²) in [7, 11) is 0. The van der Waals surface area contributed by atoms with E-state index in [2.05, 4.69) is 26.2 Å². The Hall–Kier alpha value is -4.58. The Morgan fingerprint density at radius 2 is 1.82 bits per heavy atom. The minimum atomic E-state index is -1.40. The maximum atomic E-state index is 12.6. The van der Waals surface area contributed by atoms with Crippen LogP contribution in [0.4, 0.5) is 5.69 Å². The number of rotatable bonds is 9. The van der Waals surface area contributed by atoms with Gasteiger partial charge in [-0.3, -0.25) is 14.4 Å². The number of benzene rings is 2. The lowest BCUT2D eigenvalue weighted by atomic mass is 10.1. The van der Waals surface area contributed by atoms with Gasteiger partial charge in [-0.05, 0) is 59.0 Å². The van der Waals surface area contributed by atoms with E-state index in [4.69, 9.17) is 21.8 Å². The van der Waals surface area contributed by atoms with Gasteiger partial charge >= 0.3 is 11.9 Å². The van der Waals surface area contributed by atoms with Crippen molar-refractivity contribution in [3.05, 3.63) is 71.0 Å². The quantitative estimate of drug-likeness (QED) is 0.328. The van der Waals surface area contributed by atoms with Crippen molar-refractivity contribution < 1.29 is 29.4 Å². The van der Waals surface area contributed by atoms with Gasteiger partial charge in [0.05, 0.1) is 17.7 Å². The van der Waals surface area contributed by atoms with Crippen molar-refractivity contribution in [2.75, 3.05) is 5.32 Å². The Morgan fingerprint density at radius 3 is 2.44 bits per heavy atom. The van der Waals surface area contributed by atoms with Gasteiger partial charge in [-0.25, -0.2) is 4.79 Å². The van der Waals surface area contributed by atoms with E-state index < -0.39 is 36.2 Å². The van der Waals surface area contributed by atoms with Crippen LogP contribution >= 0.6 is 11.6 Å². The van der Waals surface area contributed by atoms with Crippen LogP contribution in [0.25, 0.3) is 11.8 Å². The molecule has 0 fully saturated rings. The molecule has 12 nitrogen and oxygen atoms in total. The average Bonchev–Trinajstić information content (AvgIpc) is 3.32. The smallest absolute Gasteiger partial charge is 0.335 e. The van der Waals surface area contributed by atoms with Crippen molar-refractivity contribution in [2.24, 2.45) is 0 Å². The second kappa shape index (κ2) is 10.8. The molecule has 0 aliphatic carbocycles. The Bertz CT molecular complexity index is 1240. The molecule has 13 heteroatoms. The number of aromatic carboxylic acids is 1. The van der Waals surface area contributed by atoms with Crippen LogP contribution in [0.15, 0.2) is 54.9 Å². The zero-order valence-electron chi connectivity index (χ0n) is 17.3. The van der Waals surface area contributed by atoms with Gasteiger partial charge in [0.25, 0.3) is 0 Å². The van der Waals surface area contributed by atoms with Crippen LogP contribution < -0.4 is 10.6 Å². The number of carboxylic acids is 2. The maximum Gasteiger partial charge on any atom is 0.335 e. The lowest BCUT2D eigenvalue weighted by molar-refractivity contribution is -0.139. The Balaban J connectivity index is 1.73. The monoisotopic (exact) mass is 484 g/mol. The molecule has 4 N–H and O–H groups in total. The third-order valence-electron chi connectivity index (χ3n) is 4.41. The summed E-state index contributed by atoms with van der Waals surface area (Å²) >= 11 is 6.03. The highest BCUT2D eigenvalue weighted by Crippen LogP contribution is 2.20. The second-order valence-corrected chi connectivity index (χ2v) is 7.26. The molecule has 0 saturated carbocycles. The Labute approximate surface area is 196 Å². The molecule has 0 aliphatic heterocycles. The van der Waals surface area contributed by atoms with Crippen LogP contribution in [0.2, 0.25) is 5.02 Å². The fraction of sp³-hybridized carbons (Fsp3) is 0.0952. The zero-order chi connectivity index (χ0) is 24.7. The number of carbonyl (C=O) groups excluding carboxylic acids is 2. The number of amides is 2. The van der Waals surface area contributed by atoms with Gasteiger partial charge in [0, 0.05) is 22.3 Å². The zero-order valence-corrected chi connectivity index (χ0v) is 18.0. The van der Waals surface area contributed by atoms with Crippen molar-refractivity contribution in [1.29, 1.82) is 0 Å². The molecule has 2 aromatic carbocycles. The van der Waals surface area contributed by atoms with Crippen molar-refractivity contribution >= 4 is 47.1 Å². The van der Waals surface area contributed by atoms with Crippen molar-refractivity contribution in [3.8, 4) is 5.69 Å². The highest BCUT2D eigenvalue weighted by atomic mass is 35.5. The number of halogens is 1. The number of carbonyl (C=O) groups is 4. The normalized spacial score (nSPS) is 11.7. The van der Waals surface area contributed by atoms with E-state index in [-0.39, 0.29) is 11.3 Å². The van der Waals surface area contributed by atoms with Crippen molar-refractivity contribution in [3.63, 3.8) is 0 Å². The third kappa shape index (κ3) is 6.46. The topological polar surface area (TPSA) is 176 Å². The molecule has 0 radical (unpaired) electrons. The summed E-state index contributed by atoms with van der Waals surface area (Å²) in [5.74, 6) is -3.96. The number of aromatic nitrogens is 4. The molecule has 3 rings (SSSR count). The molecule has 0 bridgehead atoms. The van der Waals surface area contributed by atoms with Crippen LogP contribution in [-0.2, 0) is 14.4 Å². The molecular weight excluding hydrogens is 468 g/mol. The summed E-state index contributed by atoms with van der Waals surface area (Å²) in [6, 6.07) is 8.69. The molecule has 3 aromatic rings. The van der Waals surface area contributed by atoms with Gasteiger partial charge in [-0.15, -0.1) is 5.10 Å². The SMILES string of the molecule is O=C(O)C[C@H](NC(=O)/C=C/c1cc(Cl)ccc1-n1cnnn1)C(=O)Nc1ccc(C(=O)O)cc1. The number of aliphatic carboxylic acids is 1. The number of hydrogen-bond acceptors (Lipinski definition) is 7. The van der Waals surface area contributed by atoms with Gasteiger partial charge in [0.15, 0.2) is 0 Å². The predicted octanol–water partition coefficient (Wildman–Crippen LogP) is 1.63. The van der Waals surface area contributed by atoms with Gasteiger partial charge in [-0.1, -0.05) is 11.6 Å². The van der Waals surface area contributed by atoms with E-state index in [9.17, 15) is 19.2 Å². The fourth-order valence-corrected chi connectivity index (χ4v) is 3.01. The van der Waals surface area contributed by atoms with Gasteiger partial charge in [0.2, 0.25) is 11.8 Å². The minimum Gasteiger partial charge on any atom is -0.481 e. The summed E-state index contributed by atoms with van der Waals surface area (Å²) in [5, 5.41) is 34.2. The minimum absolute atomic E-state index is 0.0144. The van der Waals surface area contributed by atoms with Gasteiger partial charge < -0.3 is 20.8 Å². The molecule has 1 heterocycles. The first kappa shape index (κ1) is 24.1. The fourth-order valence-electron chi connectivity index (χ4n) is 2.83. The van der Waals surface area contributed by atoms with E-state index >= 15 is 0 Å². The van der Waals surface area contributed by atoms with Crippen LogP contribution in [0.1, 0.15) is 22.3 Å². The maximum absolute atomic E-state index is 12.6. The van der Waals surface area contributed by atoms with E-state index in [1.54, 1.807) is 18.2 Å². The van der Waals surface area contributed by atoms with Crippen LogP contribution in [0, 0.1) is 0 Å². The number of tetrazole rings is 1. The van der Waals surface area contributed by atoms with E-state index in [1.807, 2.05) is 0 Å². The first-order valence-electron chi connectivity index (χ1n) is 9.60. The number of carboxylic acid groups (broad SMARTS) is 2. The second-order valence-electron chi connectivity index (χ2n) is 6.82. The molecular formula is C21H17ClN6O6. The molecule has 0 saturated heterocycles. The summed E-state index contributed by atoms with van der Waals surface area (Å²) in [6.45, 7) is 0. The first-order chi connectivity index (χ1) is 16.2. The molecule has 174 valence electrons. The van der Waals surface area contributed by atoms with Crippen molar-refractivity contribution in [1.82, 2.24) is 25.5 Å². The molecule has 2 amide bonds. The lowest BCUT2D eigenvalue weighted by Crippen LogP contribution is -2.44. The Morgan fingerprint density at radius 1 is 1.09 bits per heavy atom. The van der Waals surface area contributed by atoms with Gasteiger partial charge in [0.1, 0.15) is 12.4 Å². The molecule has 0 spiro atoms. The van der Waals surface area contributed by atoms with Gasteiger partial charge in [-0.2, -0.15) is 4.68 Å². The van der Waals surface area contributed by atoms with E-state index in [0.29, 0.717) is 16.3 Å². The highest BCUT2D eigenvalue weighted by Gasteiger charge is 2.23. The molecule has 34 heavy (non-hydrogen) atoms. The highest BCUT2D eigenvalue weighted by molar-refractivity contribution is 6.30. The van der Waals surface area contributed by atoms with Crippen LogP contribution in [-0.4, -0.2) is 60.2 Å². The summed E-state index contributed by atoms with van der Waals surface area (Å²) in [6.07, 6.45) is 3.21. The molecule has 1 atom stereocenters. The third-order valence-corrected chi connectivity index (χ3v) is 4.65. The lowest BCUT2D eigenvalue weighted by Gasteiger charge is -2.16. The molecule has 1 aromatic heterocycles. The standard InChI is InChI=1S/C21H17ClN6O6/c22-14-4-7-17(28-11-23-26-27-28)13(9-14)3-8-18(29)25-16(10-19(30)31)20(32)24-15-5-1-12(2-6-15)21(33)34/h1-9,11,16H,10H2,(H,24,32)(H,25,29)(H,30,31)(H,33,34)/b8-3+/t16-/m0/s1. The summed E-state index contributed by atoms with van der Waals surface area (Å²) < 4.78 is 1.37. The van der Waals surface area contributed by atoms with Crippen LogP contribution in [0.3, 0.4) is 0 Å². The number of nitrogens with one attached hydrogen (secondary N) is 2. The largest absolute Gasteiger partial charge is 0.481 e. The number of nitrogens with zero attached hydrogens (tertiary/aromatic N) is 4. The number of hydrogen-bond donors (Lipinski definition) is 4. The predicted molar refractivity (Wildman–Crippen MR) is 119 cm³/mol. The molecule has 0 unspecified atom stereocenters. The summed E-state index contributed by atoms with van der Waals surface area (Å²) in [5.41, 5.74) is 1.27. The van der Waals surface area contributed by atoms with E-state index in [1.165, 1.54) is 41.4 Å². The average molecular weight is 485 g/mol. The van der Waals surface area contributed by atoms with Crippen molar-refractivity contribution in [2.45, 2.75) is 12.5 Å². The van der Waals surface area contributed by atoms with Crippen LogP contribution in [0.5, 0.6) is 0 Å². The number of anilines is 1. The summed E-state index contributed by atoms with van der Waals surface area (Å²) in [4.78, 5) is 47.2. The first-order valence-corrected chi connectivity index (χ1v) is 9.98. The van der Waals surface area contributed by atoms with E-state index in [0.717, 1.165) is 6.08 Å². The molecule has 0 aliphatic rings. The Kier molecular flexibility index (Phi) is 7.67.